The van der Waals surface area contributed by atoms with Crippen molar-refractivity contribution in [1.29, 1.82) is 0 Å². The number of aliphatic imine (C=N–C) groups is 1. The molecule has 70 valence electrons. The lowest BCUT2D eigenvalue weighted by Gasteiger charge is -2.14. The fraction of sp³-hybridized carbons (Fsp3) is 0.400. The van der Waals surface area contributed by atoms with Crippen LogP contribution in [0.25, 0.3) is 0 Å². The van der Waals surface area contributed by atoms with E-state index in [0.29, 0.717) is 0 Å². The quantitative estimate of drug-likeness (QED) is 0.708. The Morgan fingerprint density at radius 1 is 1.54 bits per heavy atom. The summed E-state index contributed by atoms with van der Waals surface area (Å²) >= 11 is 0. The number of rotatable bonds is 3. The summed E-state index contributed by atoms with van der Waals surface area (Å²) in [5, 5.41) is 8.94. The lowest BCUT2D eigenvalue weighted by atomic mass is 10.1. The van der Waals surface area contributed by atoms with Crippen molar-refractivity contribution in [2.24, 2.45) is 4.99 Å². The van der Waals surface area contributed by atoms with E-state index in [4.69, 9.17) is 5.11 Å². The lowest BCUT2D eigenvalue weighted by molar-refractivity contribution is 0.223. The minimum Gasteiger partial charge on any atom is -0.394 e. The van der Waals surface area contributed by atoms with E-state index in [2.05, 4.69) is 9.98 Å². The highest BCUT2D eigenvalue weighted by Gasteiger charge is 2.12. The first kappa shape index (κ1) is 9.86. The second-order valence-electron chi connectivity index (χ2n) is 3.48. The molecule has 1 heterocycles. The lowest BCUT2D eigenvalue weighted by Crippen LogP contribution is -2.22. The van der Waals surface area contributed by atoms with Crippen molar-refractivity contribution in [1.82, 2.24) is 4.98 Å². The highest BCUT2D eigenvalue weighted by Crippen LogP contribution is 2.06. The summed E-state index contributed by atoms with van der Waals surface area (Å²) in [6.07, 6.45) is 3.39. The fourth-order valence-corrected chi connectivity index (χ4v) is 0.734. The molecule has 0 aliphatic heterocycles. The van der Waals surface area contributed by atoms with Crippen LogP contribution in [-0.4, -0.2) is 28.5 Å². The van der Waals surface area contributed by atoms with E-state index in [1.54, 1.807) is 12.4 Å². The van der Waals surface area contributed by atoms with Gasteiger partial charge in [-0.3, -0.25) is 9.98 Å². The van der Waals surface area contributed by atoms with Gasteiger partial charge in [-0.15, -0.1) is 0 Å². The Balaban J connectivity index is 2.69. The molecule has 1 N–H and O–H groups in total. The molecule has 1 aromatic rings. The van der Waals surface area contributed by atoms with Crippen molar-refractivity contribution in [2.45, 2.75) is 19.4 Å². The van der Waals surface area contributed by atoms with E-state index < -0.39 is 5.54 Å². The van der Waals surface area contributed by atoms with Crippen LogP contribution in [0, 0.1) is 0 Å². The third-order valence-corrected chi connectivity index (χ3v) is 1.62. The van der Waals surface area contributed by atoms with Crippen LogP contribution in [0.4, 0.5) is 0 Å². The maximum atomic E-state index is 8.94. The van der Waals surface area contributed by atoms with Crippen molar-refractivity contribution in [2.75, 3.05) is 6.61 Å². The Labute approximate surface area is 78.2 Å². The number of hydrogen-bond donors (Lipinski definition) is 1. The van der Waals surface area contributed by atoms with E-state index in [9.17, 15) is 0 Å². The minimum atomic E-state index is -0.419. The molecule has 13 heavy (non-hydrogen) atoms. The third kappa shape index (κ3) is 3.34. The third-order valence-electron chi connectivity index (χ3n) is 1.62. The highest BCUT2D eigenvalue weighted by atomic mass is 16.3. The molecule has 3 heteroatoms. The normalized spacial score (nSPS) is 12.2. The van der Waals surface area contributed by atoms with Gasteiger partial charge in [0.1, 0.15) is 0 Å². The predicted octanol–water partition coefficient (Wildman–Crippen LogP) is 1.27. The maximum absolute atomic E-state index is 8.94. The molecule has 1 rings (SSSR count). The van der Waals surface area contributed by atoms with E-state index in [1.807, 2.05) is 32.0 Å². The Bertz CT molecular complexity index is 280. The Morgan fingerprint density at radius 3 is 2.85 bits per heavy atom. The van der Waals surface area contributed by atoms with E-state index >= 15 is 0 Å². The Hall–Kier alpha value is -1.22. The van der Waals surface area contributed by atoms with E-state index in [-0.39, 0.29) is 6.61 Å². The van der Waals surface area contributed by atoms with Crippen molar-refractivity contribution in [3.05, 3.63) is 30.1 Å². The average molecular weight is 178 g/mol. The van der Waals surface area contributed by atoms with Gasteiger partial charge >= 0.3 is 0 Å². The number of aromatic nitrogens is 1. The highest BCUT2D eigenvalue weighted by molar-refractivity contribution is 5.77. The second kappa shape index (κ2) is 4.14. The molecule has 3 nitrogen and oxygen atoms in total. The Kier molecular flexibility index (Phi) is 3.14. The topological polar surface area (TPSA) is 45.5 Å². The van der Waals surface area contributed by atoms with Gasteiger partial charge in [0.25, 0.3) is 0 Å². The second-order valence-corrected chi connectivity index (χ2v) is 3.48. The molecule has 0 aromatic carbocycles. The summed E-state index contributed by atoms with van der Waals surface area (Å²) in [5.41, 5.74) is 0.390. The molecule has 0 saturated carbocycles. The molecule has 0 bridgehead atoms. The predicted molar refractivity (Wildman–Crippen MR) is 53.0 cm³/mol. The SMILES string of the molecule is CC(C)(CO)N=Cc1ccccn1. The molecule has 0 aliphatic carbocycles. The molecular formula is C10H14N2O. The van der Waals surface area contributed by atoms with E-state index in [1.165, 1.54) is 0 Å². The van der Waals surface area contributed by atoms with Crippen LogP contribution in [0.1, 0.15) is 19.5 Å². The van der Waals surface area contributed by atoms with Crippen LogP contribution >= 0.6 is 0 Å². The molecule has 0 saturated heterocycles. The van der Waals surface area contributed by atoms with Crippen molar-refractivity contribution in [3.63, 3.8) is 0 Å². The number of nitrogens with zero attached hydrogens (tertiary/aromatic N) is 2. The zero-order chi connectivity index (χ0) is 9.73. The van der Waals surface area contributed by atoms with Gasteiger partial charge in [0.15, 0.2) is 0 Å². The van der Waals surface area contributed by atoms with Crippen LogP contribution in [-0.2, 0) is 0 Å². The van der Waals surface area contributed by atoms with Crippen LogP contribution in [0.3, 0.4) is 0 Å². The van der Waals surface area contributed by atoms with Crippen LogP contribution in [0.15, 0.2) is 29.4 Å². The number of aliphatic hydroxyl groups excluding tert-OH is 1. The van der Waals surface area contributed by atoms with Gasteiger partial charge < -0.3 is 5.11 Å². The minimum absolute atomic E-state index is 0.0380. The van der Waals surface area contributed by atoms with Gasteiger partial charge in [0.2, 0.25) is 0 Å². The van der Waals surface area contributed by atoms with Gasteiger partial charge in [0.05, 0.1) is 17.8 Å². The van der Waals surface area contributed by atoms with Crippen molar-refractivity contribution >= 4 is 6.21 Å². The van der Waals surface area contributed by atoms with Gasteiger partial charge in [-0.05, 0) is 26.0 Å². The molecule has 0 fully saturated rings. The number of pyridine rings is 1. The van der Waals surface area contributed by atoms with Gasteiger partial charge in [-0.1, -0.05) is 6.07 Å². The first-order chi connectivity index (χ1) is 6.14. The fourth-order valence-electron chi connectivity index (χ4n) is 0.734. The van der Waals surface area contributed by atoms with Gasteiger partial charge in [-0.25, -0.2) is 0 Å². The monoisotopic (exact) mass is 178 g/mol. The first-order valence-electron chi connectivity index (χ1n) is 4.21. The summed E-state index contributed by atoms with van der Waals surface area (Å²) in [4.78, 5) is 8.29. The van der Waals surface area contributed by atoms with Crippen molar-refractivity contribution in [3.8, 4) is 0 Å². The molecule has 0 radical (unpaired) electrons. The Morgan fingerprint density at radius 2 is 2.31 bits per heavy atom. The standard InChI is InChI=1S/C10H14N2O/c1-10(2,8-13)12-7-9-5-3-4-6-11-9/h3-7,13H,8H2,1-2H3. The largest absolute Gasteiger partial charge is 0.394 e. The van der Waals surface area contributed by atoms with Crippen LogP contribution in [0.2, 0.25) is 0 Å². The van der Waals surface area contributed by atoms with Crippen molar-refractivity contribution < 1.29 is 5.11 Å². The van der Waals surface area contributed by atoms with Crippen LogP contribution in [0.5, 0.6) is 0 Å². The zero-order valence-electron chi connectivity index (χ0n) is 7.94. The summed E-state index contributed by atoms with van der Waals surface area (Å²) in [6.45, 7) is 3.77. The van der Waals surface area contributed by atoms with Gasteiger partial charge in [-0.2, -0.15) is 0 Å². The smallest absolute Gasteiger partial charge is 0.0808 e. The number of hydrogen-bond acceptors (Lipinski definition) is 3. The number of aliphatic hydroxyl groups is 1. The molecule has 1 aromatic heterocycles. The summed E-state index contributed by atoms with van der Waals surface area (Å²) < 4.78 is 0. The summed E-state index contributed by atoms with van der Waals surface area (Å²) in [7, 11) is 0. The zero-order valence-corrected chi connectivity index (χ0v) is 7.94. The first-order valence-corrected chi connectivity index (χ1v) is 4.21. The maximum Gasteiger partial charge on any atom is 0.0808 e. The molecule has 0 amide bonds. The molecule has 0 atom stereocenters. The molecule has 0 aliphatic rings. The van der Waals surface area contributed by atoms with Gasteiger partial charge in [0, 0.05) is 12.4 Å². The van der Waals surface area contributed by atoms with E-state index in [0.717, 1.165) is 5.69 Å². The molecule has 0 spiro atoms. The molecular weight excluding hydrogens is 164 g/mol. The molecule has 0 unspecified atom stereocenters. The summed E-state index contributed by atoms with van der Waals surface area (Å²) in [6, 6.07) is 5.63. The average Bonchev–Trinajstić information content (AvgIpc) is 2.17. The van der Waals surface area contributed by atoms with Crippen LogP contribution < -0.4 is 0 Å². The summed E-state index contributed by atoms with van der Waals surface area (Å²) in [5.74, 6) is 0.